The van der Waals surface area contributed by atoms with Crippen molar-refractivity contribution in [3.8, 4) is 5.75 Å². The van der Waals surface area contributed by atoms with Crippen LogP contribution in [0, 0.1) is 5.92 Å². The third kappa shape index (κ3) is 5.12. The number of ether oxygens (including phenoxy) is 1. The number of alkyl halides is 2. The van der Waals surface area contributed by atoms with Crippen LogP contribution in [0.4, 0.5) is 8.78 Å². The lowest BCUT2D eigenvalue weighted by Gasteiger charge is -2.08. The normalized spacial score (nSPS) is 10.8. The number of carbonyl (C=O) groups excluding carboxylic acids is 1. The van der Waals surface area contributed by atoms with Gasteiger partial charge in [-0.1, -0.05) is 26.0 Å². The first-order valence-electron chi connectivity index (χ1n) is 5.80. The van der Waals surface area contributed by atoms with Crippen LogP contribution in [0.1, 0.15) is 19.4 Å². The number of benzene rings is 1. The largest absolute Gasteiger partial charge is 0.435 e. The third-order valence-corrected chi connectivity index (χ3v) is 2.39. The lowest BCUT2D eigenvalue weighted by atomic mass is 10.1. The second-order valence-electron chi connectivity index (χ2n) is 4.22. The lowest BCUT2D eigenvalue weighted by Crippen LogP contribution is -2.29. The van der Waals surface area contributed by atoms with Crippen LogP contribution in [0.15, 0.2) is 24.3 Å². The summed E-state index contributed by atoms with van der Waals surface area (Å²) in [7, 11) is 0. The maximum absolute atomic E-state index is 11.9. The molecule has 0 unspecified atom stereocenters. The fraction of sp³-hybridized carbons (Fsp3) is 0.462. The molecule has 0 aliphatic carbocycles. The van der Waals surface area contributed by atoms with Gasteiger partial charge in [0.1, 0.15) is 5.75 Å². The Balaban J connectivity index is 2.37. The zero-order valence-corrected chi connectivity index (χ0v) is 10.5. The topological polar surface area (TPSA) is 38.3 Å². The van der Waals surface area contributed by atoms with Crippen LogP contribution < -0.4 is 10.1 Å². The average molecular weight is 257 g/mol. The molecular weight excluding hydrogens is 240 g/mol. The van der Waals surface area contributed by atoms with E-state index in [9.17, 15) is 13.6 Å². The maximum Gasteiger partial charge on any atom is 0.387 e. The number of carbonyl (C=O) groups is 1. The first-order valence-corrected chi connectivity index (χ1v) is 5.80. The van der Waals surface area contributed by atoms with Gasteiger partial charge in [-0.15, -0.1) is 0 Å². The molecule has 0 aromatic heterocycles. The van der Waals surface area contributed by atoms with E-state index >= 15 is 0 Å². The van der Waals surface area contributed by atoms with Gasteiger partial charge in [0.2, 0.25) is 5.91 Å². The summed E-state index contributed by atoms with van der Waals surface area (Å²) in [5, 5.41) is 2.79. The first kappa shape index (κ1) is 14.4. The Bertz CT molecular complexity index is 377. The number of amides is 1. The number of hydrogen-bond donors (Lipinski definition) is 1. The highest BCUT2D eigenvalue weighted by Crippen LogP contribution is 2.14. The number of hydrogen-bond acceptors (Lipinski definition) is 2. The molecule has 0 fully saturated rings. The minimum atomic E-state index is -2.80. The van der Waals surface area contributed by atoms with E-state index in [0.29, 0.717) is 13.0 Å². The molecule has 1 aromatic carbocycles. The molecule has 5 heteroatoms. The molecule has 0 saturated heterocycles. The van der Waals surface area contributed by atoms with Crippen LogP contribution in [-0.4, -0.2) is 19.1 Å². The van der Waals surface area contributed by atoms with E-state index in [1.165, 1.54) is 12.1 Å². The van der Waals surface area contributed by atoms with Crippen molar-refractivity contribution in [2.75, 3.05) is 6.54 Å². The molecule has 0 spiro atoms. The third-order valence-electron chi connectivity index (χ3n) is 2.39. The van der Waals surface area contributed by atoms with E-state index in [-0.39, 0.29) is 17.6 Å². The van der Waals surface area contributed by atoms with Crippen LogP contribution in [0.5, 0.6) is 5.75 Å². The minimum absolute atomic E-state index is 0.00709. The van der Waals surface area contributed by atoms with Gasteiger partial charge < -0.3 is 10.1 Å². The van der Waals surface area contributed by atoms with Crippen LogP contribution >= 0.6 is 0 Å². The molecule has 0 bridgehead atoms. The fourth-order valence-electron chi connectivity index (χ4n) is 1.37. The van der Waals surface area contributed by atoms with Gasteiger partial charge >= 0.3 is 6.61 Å². The van der Waals surface area contributed by atoms with Crippen LogP contribution in [0.3, 0.4) is 0 Å². The number of halogens is 2. The molecule has 1 aromatic rings. The van der Waals surface area contributed by atoms with Crippen molar-refractivity contribution in [2.24, 2.45) is 5.92 Å². The summed E-state index contributed by atoms with van der Waals surface area (Å²) in [4.78, 5) is 11.3. The van der Waals surface area contributed by atoms with E-state index in [1.54, 1.807) is 12.1 Å². The number of nitrogens with one attached hydrogen (secondary N) is 1. The average Bonchev–Trinajstić information content (AvgIpc) is 2.30. The summed E-state index contributed by atoms with van der Waals surface area (Å²) in [6.07, 6.45) is 0.660. The molecule has 1 amide bonds. The van der Waals surface area contributed by atoms with Crippen molar-refractivity contribution in [1.82, 2.24) is 5.32 Å². The van der Waals surface area contributed by atoms with E-state index in [2.05, 4.69) is 10.1 Å². The Morgan fingerprint density at radius 1 is 1.28 bits per heavy atom. The van der Waals surface area contributed by atoms with Gasteiger partial charge in [-0.05, 0) is 24.1 Å². The Kier molecular flexibility index (Phi) is 5.55. The van der Waals surface area contributed by atoms with E-state index in [4.69, 9.17) is 0 Å². The first-order chi connectivity index (χ1) is 8.49. The second kappa shape index (κ2) is 6.93. The Hall–Kier alpha value is -1.65. The smallest absolute Gasteiger partial charge is 0.387 e. The Morgan fingerprint density at radius 2 is 1.89 bits per heavy atom. The van der Waals surface area contributed by atoms with Crippen molar-refractivity contribution >= 4 is 5.91 Å². The lowest BCUT2D eigenvalue weighted by molar-refractivity contribution is -0.123. The SMILES string of the molecule is CC(C)C(=O)NCCc1ccc(OC(F)F)cc1. The summed E-state index contributed by atoms with van der Waals surface area (Å²) < 4.78 is 28.1. The van der Waals surface area contributed by atoms with E-state index in [1.807, 2.05) is 13.8 Å². The molecule has 0 aliphatic rings. The summed E-state index contributed by atoms with van der Waals surface area (Å²) >= 11 is 0. The van der Waals surface area contributed by atoms with Crippen molar-refractivity contribution in [3.63, 3.8) is 0 Å². The van der Waals surface area contributed by atoms with Crippen LogP contribution in [0.2, 0.25) is 0 Å². The zero-order valence-electron chi connectivity index (χ0n) is 10.5. The van der Waals surface area contributed by atoms with Crippen molar-refractivity contribution in [1.29, 1.82) is 0 Å². The fourth-order valence-corrected chi connectivity index (χ4v) is 1.37. The van der Waals surface area contributed by atoms with Crippen molar-refractivity contribution in [3.05, 3.63) is 29.8 Å². The molecule has 0 saturated carbocycles. The van der Waals surface area contributed by atoms with E-state index in [0.717, 1.165) is 5.56 Å². The standard InChI is InChI=1S/C13H17F2NO2/c1-9(2)12(17)16-8-7-10-3-5-11(6-4-10)18-13(14)15/h3-6,9,13H,7-8H2,1-2H3,(H,16,17). The molecule has 3 nitrogen and oxygen atoms in total. The molecule has 0 heterocycles. The molecular formula is C13H17F2NO2. The van der Waals surface area contributed by atoms with Crippen molar-refractivity contribution < 1.29 is 18.3 Å². The van der Waals surface area contributed by atoms with Gasteiger partial charge in [0.15, 0.2) is 0 Å². The molecule has 1 rings (SSSR count). The molecule has 100 valence electrons. The van der Waals surface area contributed by atoms with Gasteiger partial charge in [-0.2, -0.15) is 8.78 Å². The van der Waals surface area contributed by atoms with E-state index < -0.39 is 6.61 Å². The van der Waals surface area contributed by atoms with Gasteiger partial charge in [-0.3, -0.25) is 4.79 Å². The van der Waals surface area contributed by atoms with Gasteiger partial charge in [0, 0.05) is 12.5 Å². The molecule has 0 radical (unpaired) electrons. The Labute approximate surface area is 105 Å². The van der Waals surface area contributed by atoms with Gasteiger partial charge in [0.25, 0.3) is 0 Å². The van der Waals surface area contributed by atoms with Crippen LogP contribution in [0.25, 0.3) is 0 Å². The quantitative estimate of drug-likeness (QED) is 0.850. The summed E-state index contributed by atoms with van der Waals surface area (Å²) in [6.45, 7) is 1.38. The predicted molar refractivity (Wildman–Crippen MR) is 64.6 cm³/mol. The van der Waals surface area contributed by atoms with Crippen LogP contribution in [-0.2, 0) is 11.2 Å². The summed E-state index contributed by atoms with van der Waals surface area (Å²) in [5.74, 6) is 0.111. The van der Waals surface area contributed by atoms with Crippen molar-refractivity contribution in [2.45, 2.75) is 26.9 Å². The maximum atomic E-state index is 11.9. The highest BCUT2D eigenvalue weighted by molar-refractivity contribution is 5.77. The molecule has 18 heavy (non-hydrogen) atoms. The zero-order chi connectivity index (χ0) is 13.5. The predicted octanol–water partition coefficient (Wildman–Crippen LogP) is 2.60. The van der Waals surface area contributed by atoms with Gasteiger partial charge in [0.05, 0.1) is 0 Å². The second-order valence-corrected chi connectivity index (χ2v) is 4.22. The van der Waals surface area contributed by atoms with Gasteiger partial charge in [-0.25, -0.2) is 0 Å². The monoisotopic (exact) mass is 257 g/mol. The minimum Gasteiger partial charge on any atom is -0.435 e. The highest BCUT2D eigenvalue weighted by atomic mass is 19.3. The Morgan fingerprint density at radius 3 is 2.39 bits per heavy atom. The molecule has 1 N–H and O–H groups in total. The summed E-state index contributed by atoms with van der Waals surface area (Å²) in [5.41, 5.74) is 0.959. The molecule has 0 aliphatic heterocycles. The summed E-state index contributed by atoms with van der Waals surface area (Å²) in [6, 6.07) is 6.40. The molecule has 0 atom stereocenters. The number of rotatable bonds is 6. The highest BCUT2D eigenvalue weighted by Gasteiger charge is 2.06.